The number of nitrogens with zero attached hydrogens (tertiary/aromatic N) is 1. The van der Waals surface area contributed by atoms with E-state index in [1.54, 1.807) is 13.1 Å². The lowest BCUT2D eigenvalue weighted by Gasteiger charge is -2.25. The molecule has 1 heterocycles. The maximum Gasteiger partial charge on any atom is 0.414 e. The van der Waals surface area contributed by atoms with E-state index in [1.165, 1.54) is 23.3 Å². The van der Waals surface area contributed by atoms with Gasteiger partial charge >= 0.3 is 12.1 Å². The molecule has 0 aliphatic carbocycles. The quantitative estimate of drug-likeness (QED) is 0.731. The van der Waals surface area contributed by atoms with Gasteiger partial charge in [0.05, 0.1) is 7.11 Å². The summed E-state index contributed by atoms with van der Waals surface area (Å²) >= 11 is 1.36. The normalized spacial score (nSPS) is 11.1. The van der Waals surface area contributed by atoms with Crippen LogP contribution in [-0.4, -0.2) is 31.8 Å². The maximum absolute atomic E-state index is 12.3. The standard InChI is InChI=1S/C19H23NO4S/c1-12-9-13(15-7-8-16(25-15)17(21)23-6)11-14(10-12)20(5)18(22)24-19(2,3)4/h7-11H,1-6H3. The zero-order valence-electron chi connectivity index (χ0n) is 15.4. The Balaban J connectivity index is 2.33. The molecular weight excluding hydrogens is 338 g/mol. The molecule has 1 aromatic heterocycles. The Bertz CT molecular complexity index is 789. The number of ether oxygens (including phenoxy) is 2. The summed E-state index contributed by atoms with van der Waals surface area (Å²) in [6.45, 7) is 7.46. The molecule has 6 heteroatoms. The smallest absolute Gasteiger partial charge is 0.414 e. The maximum atomic E-state index is 12.3. The Morgan fingerprint density at radius 3 is 2.40 bits per heavy atom. The van der Waals surface area contributed by atoms with Crippen LogP contribution < -0.4 is 4.90 Å². The van der Waals surface area contributed by atoms with Gasteiger partial charge < -0.3 is 9.47 Å². The lowest BCUT2D eigenvalue weighted by atomic mass is 10.1. The van der Waals surface area contributed by atoms with E-state index in [0.717, 1.165) is 21.7 Å². The molecule has 25 heavy (non-hydrogen) atoms. The highest BCUT2D eigenvalue weighted by Gasteiger charge is 2.21. The lowest BCUT2D eigenvalue weighted by Crippen LogP contribution is -2.34. The third-order valence-electron chi connectivity index (χ3n) is 3.39. The molecule has 0 saturated carbocycles. The van der Waals surface area contributed by atoms with Gasteiger partial charge in [0.2, 0.25) is 0 Å². The molecule has 1 amide bonds. The van der Waals surface area contributed by atoms with Gasteiger partial charge in [-0.1, -0.05) is 6.07 Å². The van der Waals surface area contributed by atoms with Crippen LogP contribution in [0, 0.1) is 6.92 Å². The zero-order valence-corrected chi connectivity index (χ0v) is 16.2. The molecule has 0 spiro atoms. The molecule has 0 aliphatic heterocycles. The van der Waals surface area contributed by atoms with Crippen LogP contribution >= 0.6 is 11.3 Å². The fourth-order valence-corrected chi connectivity index (χ4v) is 3.15. The Hall–Kier alpha value is -2.34. The topological polar surface area (TPSA) is 55.8 Å². The molecule has 2 rings (SSSR count). The first kappa shape index (κ1) is 19.0. The van der Waals surface area contributed by atoms with Crippen LogP contribution in [0.25, 0.3) is 10.4 Å². The van der Waals surface area contributed by atoms with Crippen LogP contribution in [0.2, 0.25) is 0 Å². The van der Waals surface area contributed by atoms with Gasteiger partial charge in [-0.25, -0.2) is 9.59 Å². The summed E-state index contributed by atoms with van der Waals surface area (Å²) in [6.07, 6.45) is -0.412. The number of hydrogen-bond acceptors (Lipinski definition) is 5. The van der Waals surface area contributed by atoms with E-state index in [2.05, 4.69) is 0 Å². The third kappa shape index (κ3) is 4.82. The van der Waals surface area contributed by atoms with Crippen LogP contribution in [-0.2, 0) is 9.47 Å². The van der Waals surface area contributed by atoms with E-state index in [0.29, 0.717) is 4.88 Å². The second kappa shape index (κ2) is 7.27. The highest BCUT2D eigenvalue weighted by Crippen LogP contribution is 2.32. The average Bonchev–Trinajstić information content (AvgIpc) is 3.01. The molecule has 0 unspecified atom stereocenters. The lowest BCUT2D eigenvalue weighted by molar-refractivity contribution is 0.0585. The number of esters is 1. The number of aryl methyl sites for hydroxylation is 1. The van der Waals surface area contributed by atoms with Crippen molar-refractivity contribution in [3.63, 3.8) is 0 Å². The van der Waals surface area contributed by atoms with Crippen molar-refractivity contribution in [2.45, 2.75) is 33.3 Å². The number of carbonyl (C=O) groups excluding carboxylic acids is 2. The summed E-state index contributed by atoms with van der Waals surface area (Å²) in [5, 5.41) is 0. The second-order valence-corrected chi connectivity index (χ2v) is 7.84. The molecule has 1 aromatic carbocycles. The van der Waals surface area contributed by atoms with Crippen molar-refractivity contribution in [2.24, 2.45) is 0 Å². The van der Waals surface area contributed by atoms with E-state index in [1.807, 2.05) is 52.0 Å². The number of benzene rings is 1. The number of hydrogen-bond donors (Lipinski definition) is 0. The van der Waals surface area contributed by atoms with Gasteiger partial charge in [-0.05, 0) is 63.1 Å². The SMILES string of the molecule is COC(=O)c1ccc(-c2cc(C)cc(N(C)C(=O)OC(C)(C)C)c2)s1. The van der Waals surface area contributed by atoms with E-state index < -0.39 is 11.7 Å². The minimum absolute atomic E-state index is 0.352. The van der Waals surface area contributed by atoms with Crippen molar-refractivity contribution in [2.75, 3.05) is 19.1 Å². The van der Waals surface area contributed by atoms with Crippen molar-refractivity contribution < 1.29 is 19.1 Å². The summed E-state index contributed by atoms with van der Waals surface area (Å²) in [5.74, 6) is -0.352. The predicted octanol–water partition coefficient (Wildman–Crippen LogP) is 4.88. The molecule has 0 atom stereocenters. The molecule has 2 aromatic rings. The average molecular weight is 361 g/mol. The molecule has 0 fully saturated rings. The molecule has 0 bridgehead atoms. The molecule has 0 saturated heterocycles. The van der Waals surface area contributed by atoms with Gasteiger partial charge in [0.25, 0.3) is 0 Å². The van der Waals surface area contributed by atoms with Gasteiger partial charge in [-0.3, -0.25) is 4.90 Å². The fourth-order valence-electron chi connectivity index (χ4n) is 2.24. The van der Waals surface area contributed by atoms with Crippen LogP contribution in [0.3, 0.4) is 0 Å². The van der Waals surface area contributed by atoms with Gasteiger partial charge in [0.1, 0.15) is 10.5 Å². The summed E-state index contributed by atoms with van der Waals surface area (Å²) in [4.78, 5) is 26.9. The summed E-state index contributed by atoms with van der Waals surface area (Å²) in [5.41, 5.74) is 2.13. The first-order chi connectivity index (χ1) is 11.6. The number of rotatable bonds is 3. The number of amides is 1. The van der Waals surface area contributed by atoms with Crippen molar-refractivity contribution in [1.82, 2.24) is 0 Å². The first-order valence-corrected chi connectivity index (χ1v) is 8.69. The van der Waals surface area contributed by atoms with Crippen LogP contribution in [0.5, 0.6) is 0 Å². The number of carbonyl (C=O) groups is 2. The molecule has 134 valence electrons. The fraction of sp³-hybridized carbons (Fsp3) is 0.368. The van der Waals surface area contributed by atoms with Gasteiger partial charge in [-0.15, -0.1) is 11.3 Å². The minimum Gasteiger partial charge on any atom is -0.465 e. The van der Waals surface area contributed by atoms with Gasteiger partial charge in [-0.2, -0.15) is 0 Å². The molecule has 0 radical (unpaired) electrons. The van der Waals surface area contributed by atoms with E-state index in [4.69, 9.17) is 9.47 Å². The van der Waals surface area contributed by atoms with Crippen LogP contribution in [0.1, 0.15) is 36.0 Å². The Morgan fingerprint density at radius 1 is 1.12 bits per heavy atom. The van der Waals surface area contributed by atoms with Crippen molar-refractivity contribution in [3.05, 3.63) is 40.8 Å². The predicted molar refractivity (Wildman–Crippen MR) is 100 cm³/mol. The molecule has 5 nitrogen and oxygen atoms in total. The van der Waals surface area contributed by atoms with Gasteiger partial charge in [0, 0.05) is 17.6 Å². The largest absolute Gasteiger partial charge is 0.465 e. The zero-order chi connectivity index (χ0) is 18.8. The van der Waals surface area contributed by atoms with E-state index >= 15 is 0 Å². The molecule has 0 aliphatic rings. The first-order valence-electron chi connectivity index (χ1n) is 7.87. The van der Waals surface area contributed by atoms with Crippen molar-refractivity contribution in [1.29, 1.82) is 0 Å². The van der Waals surface area contributed by atoms with E-state index in [-0.39, 0.29) is 5.97 Å². The Morgan fingerprint density at radius 2 is 1.80 bits per heavy atom. The number of anilines is 1. The van der Waals surface area contributed by atoms with Crippen molar-refractivity contribution in [3.8, 4) is 10.4 Å². The molecular formula is C19H23NO4S. The number of thiophene rings is 1. The second-order valence-electron chi connectivity index (χ2n) is 6.75. The summed E-state index contributed by atoms with van der Waals surface area (Å²) in [7, 11) is 3.04. The van der Waals surface area contributed by atoms with Gasteiger partial charge in [0.15, 0.2) is 0 Å². The number of methoxy groups -OCH3 is 1. The summed E-state index contributed by atoms with van der Waals surface area (Å²) in [6, 6.07) is 9.46. The molecule has 0 N–H and O–H groups in total. The Labute approximate surface area is 152 Å². The highest BCUT2D eigenvalue weighted by atomic mass is 32.1. The van der Waals surface area contributed by atoms with E-state index in [9.17, 15) is 9.59 Å². The van der Waals surface area contributed by atoms with Crippen LogP contribution in [0.4, 0.5) is 10.5 Å². The summed E-state index contributed by atoms with van der Waals surface area (Å²) < 4.78 is 10.2. The highest BCUT2D eigenvalue weighted by molar-refractivity contribution is 7.17. The third-order valence-corrected chi connectivity index (χ3v) is 4.51. The van der Waals surface area contributed by atoms with Crippen LogP contribution in [0.15, 0.2) is 30.3 Å². The monoisotopic (exact) mass is 361 g/mol. The minimum atomic E-state index is -0.554. The van der Waals surface area contributed by atoms with Crippen molar-refractivity contribution >= 4 is 29.1 Å². The Kier molecular flexibility index (Phi) is 5.52.